The molecule has 5 nitrogen and oxygen atoms in total. The van der Waals surface area contributed by atoms with Crippen LogP contribution in [0.5, 0.6) is 11.5 Å². The van der Waals surface area contributed by atoms with Gasteiger partial charge in [-0.25, -0.2) is 0 Å². The Balaban J connectivity index is 2.80. The molecule has 0 aliphatic heterocycles. The summed E-state index contributed by atoms with van der Waals surface area (Å²) in [5, 5.41) is 2.71. The summed E-state index contributed by atoms with van der Waals surface area (Å²) in [6.45, 7) is 7.11. The average molecular weight is 294 g/mol. The highest BCUT2D eigenvalue weighted by Crippen LogP contribution is 2.26. The third kappa shape index (κ3) is 6.49. The highest BCUT2D eigenvalue weighted by molar-refractivity contribution is 5.77. The highest BCUT2D eigenvalue weighted by Gasteiger charge is 2.10. The van der Waals surface area contributed by atoms with Gasteiger partial charge in [0.15, 0.2) is 6.61 Å². The normalized spacial score (nSPS) is 11.8. The van der Waals surface area contributed by atoms with Gasteiger partial charge < -0.3 is 20.5 Å². The molecule has 21 heavy (non-hydrogen) atoms. The number of benzene rings is 1. The van der Waals surface area contributed by atoms with Crippen molar-refractivity contribution in [2.24, 2.45) is 5.73 Å². The lowest BCUT2D eigenvalue weighted by molar-refractivity contribution is -0.122. The van der Waals surface area contributed by atoms with Crippen LogP contribution in [-0.4, -0.2) is 31.7 Å². The van der Waals surface area contributed by atoms with Crippen LogP contribution < -0.4 is 20.5 Å². The molecule has 0 heterocycles. The number of likely N-dealkylation sites (N-methyl/N-ethyl adjacent to an activating group) is 1. The standard InChI is InChI=1S/C16H26N2O3/c1-4-8-20-14-7-6-13(9-12(3)17)15(10-14)21-11-16(19)18-5-2/h6-7,10,12H,4-5,8-9,11,17H2,1-3H3,(H,18,19). The summed E-state index contributed by atoms with van der Waals surface area (Å²) in [6.07, 6.45) is 1.63. The Labute approximate surface area is 126 Å². The van der Waals surface area contributed by atoms with Crippen LogP contribution in [-0.2, 0) is 11.2 Å². The Morgan fingerprint density at radius 1 is 1.33 bits per heavy atom. The van der Waals surface area contributed by atoms with Crippen molar-refractivity contribution in [1.82, 2.24) is 5.32 Å². The Bertz CT molecular complexity index is 447. The van der Waals surface area contributed by atoms with E-state index in [1.165, 1.54) is 0 Å². The third-order valence-electron chi connectivity index (χ3n) is 2.79. The first-order valence-electron chi connectivity index (χ1n) is 7.47. The minimum absolute atomic E-state index is 0.00295. The lowest BCUT2D eigenvalue weighted by atomic mass is 10.1. The van der Waals surface area contributed by atoms with E-state index in [1.54, 1.807) is 0 Å². The molecule has 0 bridgehead atoms. The second-order valence-electron chi connectivity index (χ2n) is 5.04. The first-order chi connectivity index (χ1) is 10.1. The van der Waals surface area contributed by atoms with E-state index >= 15 is 0 Å². The second-order valence-corrected chi connectivity index (χ2v) is 5.04. The molecule has 0 aliphatic rings. The molecule has 0 radical (unpaired) electrons. The van der Waals surface area contributed by atoms with E-state index in [9.17, 15) is 4.79 Å². The van der Waals surface area contributed by atoms with E-state index in [2.05, 4.69) is 12.2 Å². The largest absolute Gasteiger partial charge is 0.493 e. The van der Waals surface area contributed by atoms with Crippen molar-refractivity contribution in [1.29, 1.82) is 0 Å². The van der Waals surface area contributed by atoms with Gasteiger partial charge in [-0.1, -0.05) is 13.0 Å². The fourth-order valence-corrected chi connectivity index (χ4v) is 1.89. The highest BCUT2D eigenvalue weighted by atomic mass is 16.5. The van der Waals surface area contributed by atoms with E-state index in [-0.39, 0.29) is 18.6 Å². The Morgan fingerprint density at radius 3 is 2.71 bits per heavy atom. The van der Waals surface area contributed by atoms with Crippen LogP contribution in [0.15, 0.2) is 18.2 Å². The number of hydrogen-bond acceptors (Lipinski definition) is 4. The zero-order valence-electron chi connectivity index (χ0n) is 13.1. The van der Waals surface area contributed by atoms with Gasteiger partial charge in [0.1, 0.15) is 11.5 Å². The van der Waals surface area contributed by atoms with E-state index < -0.39 is 0 Å². The zero-order valence-corrected chi connectivity index (χ0v) is 13.1. The molecule has 0 fully saturated rings. The molecule has 0 saturated heterocycles. The minimum Gasteiger partial charge on any atom is -0.493 e. The van der Waals surface area contributed by atoms with Crippen LogP contribution in [0.25, 0.3) is 0 Å². The van der Waals surface area contributed by atoms with Gasteiger partial charge in [0.2, 0.25) is 0 Å². The third-order valence-corrected chi connectivity index (χ3v) is 2.79. The Hall–Kier alpha value is -1.75. The molecule has 0 saturated carbocycles. The number of carbonyl (C=O) groups is 1. The van der Waals surface area contributed by atoms with Crippen molar-refractivity contribution in [2.45, 2.75) is 39.7 Å². The maximum absolute atomic E-state index is 11.5. The molecule has 0 aromatic heterocycles. The molecule has 1 unspecified atom stereocenters. The summed E-state index contributed by atoms with van der Waals surface area (Å²) < 4.78 is 11.2. The maximum Gasteiger partial charge on any atom is 0.257 e. The predicted octanol–water partition coefficient (Wildman–Crippen LogP) is 1.88. The van der Waals surface area contributed by atoms with Crippen LogP contribution in [0, 0.1) is 0 Å². The smallest absolute Gasteiger partial charge is 0.257 e. The number of hydrogen-bond donors (Lipinski definition) is 2. The molecule has 1 aromatic carbocycles. The summed E-state index contributed by atoms with van der Waals surface area (Å²) in [5.74, 6) is 1.27. The van der Waals surface area contributed by atoms with Gasteiger partial charge in [-0.2, -0.15) is 0 Å². The molecule has 1 aromatic rings. The number of nitrogens with two attached hydrogens (primary N) is 1. The number of carbonyl (C=O) groups excluding carboxylic acids is 1. The van der Waals surface area contributed by atoms with Gasteiger partial charge in [-0.3, -0.25) is 4.79 Å². The second kappa shape index (κ2) is 9.23. The molecule has 1 atom stereocenters. The Kier molecular flexibility index (Phi) is 7.61. The number of ether oxygens (including phenoxy) is 2. The number of amides is 1. The van der Waals surface area contributed by atoms with Crippen LogP contribution in [0.2, 0.25) is 0 Å². The summed E-state index contributed by atoms with van der Waals surface area (Å²) in [7, 11) is 0. The maximum atomic E-state index is 11.5. The first kappa shape index (κ1) is 17.3. The molecular formula is C16H26N2O3. The van der Waals surface area contributed by atoms with Gasteiger partial charge in [0.05, 0.1) is 6.61 Å². The molecule has 3 N–H and O–H groups in total. The summed E-state index contributed by atoms with van der Waals surface area (Å²) in [5.41, 5.74) is 6.83. The summed E-state index contributed by atoms with van der Waals surface area (Å²) in [6, 6.07) is 5.71. The number of rotatable bonds is 9. The predicted molar refractivity (Wildman–Crippen MR) is 83.8 cm³/mol. The van der Waals surface area contributed by atoms with Crippen molar-refractivity contribution in [3.8, 4) is 11.5 Å². The van der Waals surface area contributed by atoms with Gasteiger partial charge in [-0.05, 0) is 38.3 Å². The lowest BCUT2D eigenvalue weighted by Crippen LogP contribution is -2.28. The molecule has 0 spiro atoms. The molecule has 5 heteroatoms. The summed E-state index contributed by atoms with van der Waals surface area (Å²) in [4.78, 5) is 11.5. The van der Waals surface area contributed by atoms with Crippen molar-refractivity contribution in [2.75, 3.05) is 19.8 Å². The van der Waals surface area contributed by atoms with Gasteiger partial charge >= 0.3 is 0 Å². The van der Waals surface area contributed by atoms with Crippen molar-refractivity contribution < 1.29 is 14.3 Å². The van der Waals surface area contributed by atoms with Crippen LogP contribution >= 0.6 is 0 Å². The zero-order chi connectivity index (χ0) is 15.7. The summed E-state index contributed by atoms with van der Waals surface area (Å²) >= 11 is 0. The fourth-order valence-electron chi connectivity index (χ4n) is 1.89. The van der Waals surface area contributed by atoms with Gasteiger partial charge in [-0.15, -0.1) is 0 Å². The van der Waals surface area contributed by atoms with Crippen LogP contribution in [0.1, 0.15) is 32.8 Å². The first-order valence-corrected chi connectivity index (χ1v) is 7.47. The molecule has 0 aliphatic carbocycles. The van der Waals surface area contributed by atoms with Crippen LogP contribution in [0.4, 0.5) is 0 Å². The van der Waals surface area contributed by atoms with Gasteiger partial charge in [0.25, 0.3) is 5.91 Å². The average Bonchev–Trinajstić information content (AvgIpc) is 2.44. The Morgan fingerprint density at radius 2 is 2.10 bits per heavy atom. The van der Waals surface area contributed by atoms with E-state index in [0.29, 0.717) is 25.3 Å². The molecule has 1 amide bonds. The van der Waals surface area contributed by atoms with Crippen molar-refractivity contribution in [3.63, 3.8) is 0 Å². The van der Waals surface area contributed by atoms with Crippen LogP contribution in [0.3, 0.4) is 0 Å². The lowest BCUT2D eigenvalue weighted by Gasteiger charge is -2.15. The quantitative estimate of drug-likeness (QED) is 0.729. The van der Waals surface area contributed by atoms with E-state index in [4.69, 9.17) is 15.2 Å². The minimum atomic E-state index is -0.135. The van der Waals surface area contributed by atoms with Crippen molar-refractivity contribution in [3.05, 3.63) is 23.8 Å². The molecular weight excluding hydrogens is 268 g/mol. The topological polar surface area (TPSA) is 73.6 Å². The van der Waals surface area contributed by atoms with E-state index in [0.717, 1.165) is 17.7 Å². The van der Waals surface area contributed by atoms with E-state index in [1.807, 2.05) is 32.0 Å². The fraction of sp³-hybridized carbons (Fsp3) is 0.562. The molecule has 118 valence electrons. The molecule has 1 rings (SSSR count). The monoisotopic (exact) mass is 294 g/mol. The van der Waals surface area contributed by atoms with Crippen molar-refractivity contribution >= 4 is 5.91 Å². The SMILES string of the molecule is CCCOc1ccc(CC(C)N)c(OCC(=O)NCC)c1. The number of nitrogens with one attached hydrogen (secondary N) is 1. The van der Waals surface area contributed by atoms with Gasteiger partial charge in [0, 0.05) is 18.7 Å².